The van der Waals surface area contributed by atoms with Crippen LogP contribution in [-0.2, 0) is 17.8 Å². The Morgan fingerprint density at radius 1 is 1.13 bits per heavy atom. The molecule has 2 heterocycles. The molecule has 1 aromatic carbocycles. The predicted octanol–water partition coefficient (Wildman–Crippen LogP) is 5.10. The van der Waals surface area contributed by atoms with Gasteiger partial charge in [0.15, 0.2) is 0 Å². The fraction of sp³-hybridized carbons (Fsp3) is 0.500. The zero-order chi connectivity index (χ0) is 16.0. The van der Waals surface area contributed by atoms with Crippen LogP contribution in [0.4, 0.5) is 0 Å². The third-order valence-electron chi connectivity index (χ3n) is 4.85. The third-order valence-corrected chi connectivity index (χ3v) is 5.59. The highest BCUT2D eigenvalue weighted by molar-refractivity contribution is 7.07. The third kappa shape index (κ3) is 4.66. The first-order valence-corrected chi connectivity index (χ1v) is 9.65. The summed E-state index contributed by atoms with van der Waals surface area (Å²) in [6, 6.07) is 12.8. The van der Waals surface area contributed by atoms with Gasteiger partial charge < -0.3 is 4.74 Å². The second-order valence-electron chi connectivity index (χ2n) is 6.63. The summed E-state index contributed by atoms with van der Waals surface area (Å²) in [4.78, 5) is 2.56. The van der Waals surface area contributed by atoms with Gasteiger partial charge in [0.05, 0.1) is 6.61 Å². The van der Waals surface area contributed by atoms with E-state index in [4.69, 9.17) is 4.74 Å². The first kappa shape index (κ1) is 16.7. The highest BCUT2D eigenvalue weighted by Gasteiger charge is 2.34. The van der Waals surface area contributed by atoms with E-state index >= 15 is 0 Å². The van der Waals surface area contributed by atoms with E-state index in [0.717, 1.165) is 19.5 Å². The number of likely N-dealkylation sites (tertiary alicyclic amines) is 1. The van der Waals surface area contributed by atoms with E-state index in [9.17, 15) is 0 Å². The molecule has 3 heteroatoms. The number of ether oxygens (including phenoxy) is 1. The standard InChI is InChI=1S/C20H27NOS/c1-20(22-16-18-8-3-2-4-9-18)12-5-6-13-21(20)14-7-10-19-11-15-23-17-19/h2-4,8-9,11,15,17H,5-7,10,12-14,16H2,1H3. The van der Waals surface area contributed by atoms with Crippen LogP contribution in [0.15, 0.2) is 47.2 Å². The van der Waals surface area contributed by atoms with Crippen molar-refractivity contribution in [1.82, 2.24) is 4.90 Å². The lowest BCUT2D eigenvalue weighted by atomic mass is 9.98. The van der Waals surface area contributed by atoms with Crippen molar-refractivity contribution < 1.29 is 4.74 Å². The molecule has 0 spiro atoms. The van der Waals surface area contributed by atoms with E-state index in [-0.39, 0.29) is 5.72 Å². The van der Waals surface area contributed by atoms with Gasteiger partial charge in [0.1, 0.15) is 5.72 Å². The van der Waals surface area contributed by atoms with Gasteiger partial charge in [-0.1, -0.05) is 30.3 Å². The minimum Gasteiger partial charge on any atom is -0.356 e. The first-order chi connectivity index (χ1) is 11.3. The molecule has 124 valence electrons. The number of rotatable bonds is 7. The van der Waals surface area contributed by atoms with Crippen LogP contribution in [-0.4, -0.2) is 23.7 Å². The van der Waals surface area contributed by atoms with Gasteiger partial charge in [-0.05, 0) is 67.0 Å². The molecule has 1 aromatic heterocycles. The smallest absolute Gasteiger partial charge is 0.119 e. The maximum Gasteiger partial charge on any atom is 0.119 e. The van der Waals surface area contributed by atoms with E-state index in [1.807, 2.05) is 0 Å². The van der Waals surface area contributed by atoms with Crippen molar-refractivity contribution >= 4 is 11.3 Å². The van der Waals surface area contributed by atoms with Crippen molar-refractivity contribution in [2.24, 2.45) is 0 Å². The van der Waals surface area contributed by atoms with Crippen LogP contribution in [0.2, 0.25) is 0 Å². The van der Waals surface area contributed by atoms with Gasteiger partial charge >= 0.3 is 0 Å². The quantitative estimate of drug-likeness (QED) is 0.701. The Bertz CT molecular complexity index is 569. The SMILES string of the molecule is CC1(OCc2ccccc2)CCCCN1CCCc1ccsc1. The summed E-state index contributed by atoms with van der Waals surface area (Å²) in [5.74, 6) is 0. The van der Waals surface area contributed by atoms with Crippen molar-refractivity contribution in [3.8, 4) is 0 Å². The van der Waals surface area contributed by atoms with Gasteiger partial charge in [-0.2, -0.15) is 11.3 Å². The van der Waals surface area contributed by atoms with Crippen molar-refractivity contribution in [2.75, 3.05) is 13.1 Å². The lowest BCUT2D eigenvalue weighted by molar-refractivity contribution is -0.171. The number of hydrogen-bond donors (Lipinski definition) is 0. The predicted molar refractivity (Wildman–Crippen MR) is 97.7 cm³/mol. The molecule has 0 saturated carbocycles. The van der Waals surface area contributed by atoms with Crippen molar-refractivity contribution in [1.29, 1.82) is 0 Å². The van der Waals surface area contributed by atoms with Crippen LogP contribution in [0.5, 0.6) is 0 Å². The number of nitrogens with zero attached hydrogens (tertiary/aromatic N) is 1. The summed E-state index contributed by atoms with van der Waals surface area (Å²) in [6.07, 6.45) is 6.09. The topological polar surface area (TPSA) is 12.5 Å². The first-order valence-electron chi connectivity index (χ1n) is 8.70. The molecule has 23 heavy (non-hydrogen) atoms. The average Bonchev–Trinajstić information content (AvgIpc) is 3.09. The van der Waals surface area contributed by atoms with Crippen molar-refractivity contribution in [2.45, 2.75) is 51.4 Å². The number of benzene rings is 1. The van der Waals surface area contributed by atoms with Crippen LogP contribution >= 0.6 is 11.3 Å². The molecule has 1 atom stereocenters. The van der Waals surface area contributed by atoms with Gasteiger partial charge in [-0.25, -0.2) is 0 Å². The van der Waals surface area contributed by atoms with Crippen LogP contribution in [0.3, 0.4) is 0 Å². The van der Waals surface area contributed by atoms with Gasteiger partial charge in [0, 0.05) is 13.1 Å². The highest BCUT2D eigenvalue weighted by atomic mass is 32.1. The van der Waals surface area contributed by atoms with Gasteiger partial charge in [-0.15, -0.1) is 0 Å². The molecule has 3 rings (SSSR count). The highest BCUT2D eigenvalue weighted by Crippen LogP contribution is 2.30. The number of aryl methyl sites for hydroxylation is 1. The van der Waals surface area contributed by atoms with Crippen LogP contribution in [0.25, 0.3) is 0 Å². The number of piperidine rings is 1. The van der Waals surface area contributed by atoms with E-state index in [0.29, 0.717) is 6.61 Å². The normalized spacial score (nSPS) is 22.3. The lowest BCUT2D eigenvalue weighted by Crippen LogP contribution is -2.51. The summed E-state index contributed by atoms with van der Waals surface area (Å²) in [5.41, 5.74) is 2.62. The zero-order valence-electron chi connectivity index (χ0n) is 14.0. The molecule has 1 aliphatic heterocycles. The molecular weight excluding hydrogens is 302 g/mol. The molecule has 1 saturated heterocycles. The minimum atomic E-state index is -0.108. The molecule has 1 fully saturated rings. The molecular formula is C20H27NOS. The van der Waals surface area contributed by atoms with E-state index in [1.165, 1.54) is 36.8 Å². The summed E-state index contributed by atoms with van der Waals surface area (Å²) >= 11 is 1.79. The van der Waals surface area contributed by atoms with Gasteiger partial charge in [-0.3, -0.25) is 4.90 Å². The maximum absolute atomic E-state index is 6.38. The molecule has 2 nitrogen and oxygen atoms in total. The molecule has 1 aliphatic rings. The second kappa shape index (κ2) is 8.09. The van der Waals surface area contributed by atoms with Crippen LogP contribution < -0.4 is 0 Å². The fourth-order valence-electron chi connectivity index (χ4n) is 3.38. The fourth-order valence-corrected chi connectivity index (χ4v) is 4.09. The summed E-state index contributed by atoms with van der Waals surface area (Å²) < 4.78 is 6.38. The lowest BCUT2D eigenvalue weighted by Gasteiger charge is -2.44. The Morgan fingerprint density at radius 2 is 2.00 bits per heavy atom. The van der Waals surface area contributed by atoms with Gasteiger partial charge in [0.25, 0.3) is 0 Å². The molecule has 0 aliphatic carbocycles. The van der Waals surface area contributed by atoms with E-state index in [2.05, 4.69) is 59.0 Å². The van der Waals surface area contributed by atoms with Gasteiger partial charge in [0.2, 0.25) is 0 Å². The van der Waals surface area contributed by atoms with E-state index < -0.39 is 0 Å². The number of hydrogen-bond acceptors (Lipinski definition) is 3. The monoisotopic (exact) mass is 329 g/mol. The molecule has 2 aromatic rings. The Hall–Kier alpha value is -1.16. The minimum absolute atomic E-state index is 0.108. The maximum atomic E-state index is 6.38. The Morgan fingerprint density at radius 3 is 2.78 bits per heavy atom. The molecule has 0 amide bonds. The van der Waals surface area contributed by atoms with Crippen LogP contribution in [0, 0.1) is 0 Å². The second-order valence-corrected chi connectivity index (χ2v) is 7.41. The molecule has 1 unspecified atom stereocenters. The summed E-state index contributed by atoms with van der Waals surface area (Å²) in [6.45, 7) is 5.27. The Balaban J connectivity index is 1.53. The molecule has 0 radical (unpaired) electrons. The Kier molecular flexibility index (Phi) is 5.87. The van der Waals surface area contributed by atoms with Crippen molar-refractivity contribution in [3.05, 3.63) is 58.3 Å². The average molecular weight is 330 g/mol. The van der Waals surface area contributed by atoms with E-state index in [1.54, 1.807) is 11.3 Å². The summed E-state index contributed by atoms with van der Waals surface area (Å²) in [5, 5.41) is 4.44. The Labute approximate surface area is 144 Å². The van der Waals surface area contributed by atoms with Crippen molar-refractivity contribution in [3.63, 3.8) is 0 Å². The number of thiophene rings is 1. The van der Waals surface area contributed by atoms with Crippen LogP contribution in [0.1, 0.15) is 43.7 Å². The molecule has 0 N–H and O–H groups in total. The molecule has 0 bridgehead atoms. The largest absolute Gasteiger partial charge is 0.356 e. The summed E-state index contributed by atoms with van der Waals surface area (Å²) in [7, 11) is 0. The zero-order valence-corrected chi connectivity index (χ0v) is 14.9.